The Bertz CT molecular complexity index is 1890. The summed E-state index contributed by atoms with van der Waals surface area (Å²) in [5, 5.41) is 0. The molecule has 0 saturated heterocycles. The minimum atomic E-state index is 0.601. The number of hydrogen-bond acceptors (Lipinski definition) is 4. The molecule has 0 fully saturated rings. The van der Waals surface area contributed by atoms with Gasteiger partial charge in [0, 0.05) is 16.7 Å². The molecule has 1 aliphatic rings. The second kappa shape index (κ2) is 11.3. The largest absolute Gasteiger partial charge is 0.454 e. The van der Waals surface area contributed by atoms with Crippen molar-refractivity contribution in [1.82, 2.24) is 9.97 Å². The van der Waals surface area contributed by atoms with E-state index in [0.29, 0.717) is 28.8 Å². The molecule has 1 aliphatic heterocycles. The molecule has 4 heteroatoms. The van der Waals surface area contributed by atoms with E-state index in [0.717, 1.165) is 50.3 Å². The molecule has 0 spiro atoms. The molecule has 0 saturated carbocycles. The van der Waals surface area contributed by atoms with Gasteiger partial charge >= 0.3 is 0 Å². The molecular weight excluding hydrogens is 528 g/mol. The summed E-state index contributed by atoms with van der Waals surface area (Å²) in [6.07, 6.45) is 1.66. The fourth-order valence-electron chi connectivity index (χ4n) is 5.25. The van der Waals surface area contributed by atoms with E-state index in [4.69, 9.17) is 19.4 Å². The average Bonchev–Trinajstić information content (AvgIpc) is 3.08. The van der Waals surface area contributed by atoms with E-state index >= 15 is 0 Å². The molecule has 1 aromatic heterocycles. The Hall–Kier alpha value is -5.74. The highest BCUT2D eigenvalue weighted by atomic mass is 16.6. The Morgan fingerprint density at radius 1 is 0.488 bits per heavy atom. The highest BCUT2D eigenvalue weighted by molar-refractivity contribution is 5.78. The molecule has 206 valence electrons. The first-order chi connectivity index (χ1) is 21.1. The van der Waals surface area contributed by atoms with Crippen LogP contribution in [-0.4, -0.2) is 9.97 Å². The molecule has 5 aromatic carbocycles. The van der Waals surface area contributed by atoms with Crippen molar-refractivity contribution in [2.24, 2.45) is 0 Å². The van der Waals surface area contributed by atoms with Gasteiger partial charge in [0.05, 0.1) is 11.4 Å². The molecular formula is C39H28N2O2. The maximum Gasteiger partial charge on any atom is 0.170 e. The van der Waals surface area contributed by atoms with Crippen molar-refractivity contribution in [3.63, 3.8) is 0 Å². The van der Waals surface area contributed by atoms with Crippen molar-refractivity contribution in [3.05, 3.63) is 158 Å². The fourth-order valence-corrected chi connectivity index (χ4v) is 5.25. The maximum atomic E-state index is 6.11. The van der Waals surface area contributed by atoms with Gasteiger partial charge in [0.15, 0.2) is 23.1 Å². The predicted molar refractivity (Wildman–Crippen MR) is 173 cm³/mol. The van der Waals surface area contributed by atoms with Gasteiger partial charge in [-0.3, -0.25) is 0 Å². The lowest BCUT2D eigenvalue weighted by atomic mass is 10.00. The van der Waals surface area contributed by atoms with Crippen LogP contribution in [0.5, 0.6) is 11.5 Å². The van der Waals surface area contributed by atoms with E-state index in [-0.39, 0.29) is 0 Å². The van der Waals surface area contributed by atoms with Gasteiger partial charge in [-0.05, 0) is 71.7 Å². The summed E-state index contributed by atoms with van der Waals surface area (Å²) >= 11 is 0. The van der Waals surface area contributed by atoms with E-state index in [1.54, 1.807) is 6.08 Å². The summed E-state index contributed by atoms with van der Waals surface area (Å²) in [4.78, 5) is 10.2. The number of rotatable bonds is 6. The normalized spacial score (nSPS) is 12.2. The minimum Gasteiger partial charge on any atom is -0.454 e. The number of hydrogen-bond donors (Lipinski definition) is 0. The van der Waals surface area contributed by atoms with Crippen LogP contribution in [0.3, 0.4) is 0 Å². The van der Waals surface area contributed by atoms with Gasteiger partial charge in [-0.25, -0.2) is 9.97 Å². The highest BCUT2D eigenvalue weighted by Gasteiger charge is 2.19. The van der Waals surface area contributed by atoms with Crippen molar-refractivity contribution in [2.75, 3.05) is 0 Å². The third kappa shape index (κ3) is 5.34. The molecule has 0 N–H and O–H groups in total. The Morgan fingerprint density at radius 2 is 1.02 bits per heavy atom. The molecule has 2 heterocycles. The second-order valence-corrected chi connectivity index (χ2v) is 10.3. The Labute approximate surface area is 251 Å². The van der Waals surface area contributed by atoms with E-state index in [9.17, 15) is 0 Å². The minimum absolute atomic E-state index is 0.601. The summed E-state index contributed by atoms with van der Waals surface area (Å²) < 4.78 is 12.1. The van der Waals surface area contributed by atoms with Crippen LogP contribution >= 0.6 is 0 Å². The van der Waals surface area contributed by atoms with Crippen LogP contribution in [0.1, 0.15) is 6.92 Å². The van der Waals surface area contributed by atoms with Crippen molar-refractivity contribution >= 4 is 0 Å². The van der Waals surface area contributed by atoms with E-state index in [2.05, 4.69) is 91.5 Å². The predicted octanol–water partition coefficient (Wildman–Crippen LogP) is 10.0. The molecule has 0 atom stereocenters. The van der Waals surface area contributed by atoms with Crippen LogP contribution in [-0.2, 0) is 0 Å². The van der Waals surface area contributed by atoms with Crippen molar-refractivity contribution < 1.29 is 9.47 Å². The van der Waals surface area contributed by atoms with Crippen LogP contribution in [0, 0.1) is 0 Å². The molecule has 0 unspecified atom stereocenters. The molecule has 4 nitrogen and oxygen atoms in total. The molecule has 0 bridgehead atoms. The number of fused-ring (bicyclic) bond motifs is 1. The fraction of sp³-hybridized carbons (Fsp3) is 0.0256. The van der Waals surface area contributed by atoms with Crippen molar-refractivity contribution in [3.8, 4) is 67.7 Å². The smallest absolute Gasteiger partial charge is 0.170 e. The zero-order valence-corrected chi connectivity index (χ0v) is 23.7. The number of nitrogens with zero attached hydrogens (tertiary/aromatic N) is 2. The van der Waals surface area contributed by atoms with Crippen LogP contribution < -0.4 is 9.47 Å². The first-order valence-corrected chi connectivity index (χ1v) is 14.2. The molecule has 0 aliphatic carbocycles. The van der Waals surface area contributed by atoms with Gasteiger partial charge < -0.3 is 9.47 Å². The molecule has 6 aromatic rings. The summed E-state index contributed by atoms with van der Waals surface area (Å²) in [6, 6.07) is 45.5. The van der Waals surface area contributed by atoms with Crippen LogP contribution in [0.25, 0.3) is 56.2 Å². The maximum absolute atomic E-state index is 6.11. The number of allylic oxidation sites excluding steroid dienone is 2. The number of aromatic nitrogens is 2. The van der Waals surface area contributed by atoms with Gasteiger partial charge in [0.25, 0.3) is 0 Å². The van der Waals surface area contributed by atoms with Gasteiger partial charge in [0.1, 0.15) is 5.76 Å². The summed E-state index contributed by atoms with van der Waals surface area (Å²) in [5.74, 6) is 3.21. The summed E-state index contributed by atoms with van der Waals surface area (Å²) in [7, 11) is 0. The zero-order chi connectivity index (χ0) is 29.2. The molecule has 0 radical (unpaired) electrons. The lowest BCUT2D eigenvalue weighted by Crippen LogP contribution is -2.08. The number of ether oxygens (including phenoxy) is 2. The first-order valence-electron chi connectivity index (χ1n) is 14.2. The summed E-state index contributed by atoms with van der Waals surface area (Å²) in [5.41, 5.74) is 9.00. The second-order valence-electron chi connectivity index (χ2n) is 10.3. The SMILES string of the molecule is C=CC1=C(C)Oc2ccc(-c3cc(-c4cccc(-c5ccccc5)c4)nc(-c4cccc(-c5ccccc5)c4)n3)cc2O1. The average molecular weight is 557 g/mol. The van der Waals surface area contributed by atoms with Gasteiger partial charge in [0.2, 0.25) is 0 Å². The third-order valence-electron chi connectivity index (χ3n) is 7.47. The Balaban J connectivity index is 1.37. The number of benzene rings is 5. The van der Waals surface area contributed by atoms with Crippen LogP contribution in [0.15, 0.2) is 158 Å². The highest BCUT2D eigenvalue weighted by Crippen LogP contribution is 2.39. The van der Waals surface area contributed by atoms with E-state index < -0.39 is 0 Å². The monoisotopic (exact) mass is 556 g/mol. The van der Waals surface area contributed by atoms with E-state index in [1.807, 2.05) is 55.5 Å². The molecule has 7 rings (SSSR count). The first kappa shape index (κ1) is 26.2. The van der Waals surface area contributed by atoms with Gasteiger partial charge in [-0.2, -0.15) is 0 Å². The van der Waals surface area contributed by atoms with Crippen LogP contribution in [0.4, 0.5) is 0 Å². The lowest BCUT2D eigenvalue weighted by molar-refractivity contribution is 0.306. The summed E-state index contributed by atoms with van der Waals surface area (Å²) in [6.45, 7) is 5.72. The Morgan fingerprint density at radius 3 is 1.65 bits per heavy atom. The topological polar surface area (TPSA) is 44.2 Å². The van der Waals surface area contributed by atoms with Gasteiger partial charge in [-0.15, -0.1) is 0 Å². The van der Waals surface area contributed by atoms with Crippen LogP contribution in [0.2, 0.25) is 0 Å². The van der Waals surface area contributed by atoms with Crippen molar-refractivity contribution in [2.45, 2.75) is 6.92 Å². The molecule has 0 amide bonds. The third-order valence-corrected chi connectivity index (χ3v) is 7.47. The van der Waals surface area contributed by atoms with Gasteiger partial charge in [-0.1, -0.05) is 104 Å². The standard InChI is InChI=1S/C39H28N2O2/c1-3-36-26(2)42-37-21-20-32(24-38(37)43-36)35-25-34(31-18-10-16-29(22-31)27-12-6-4-7-13-27)40-39(41-35)33-19-11-17-30(23-33)28-14-8-5-9-15-28/h3-25H,1H2,2H3. The zero-order valence-electron chi connectivity index (χ0n) is 23.7. The van der Waals surface area contributed by atoms with Crippen molar-refractivity contribution in [1.29, 1.82) is 0 Å². The van der Waals surface area contributed by atoms with E-state index in [1.165, 1.54) is 0 Å². The quantitative estimate of drug-likeness (QED) is 0.205. The lowest BCUT2D eigenvalue weighted by Gasteiger charge is -2.21. The Kier molecular flexibility index (Phi) is 6.86. The molecule has 43 heavy (non-hydrogen) atoms.